The summed E-state index contributed by atoms with van der Waals surface area (Å²) in [6, 6.07) is 26.9. The van der Waals surface area contributed by atoms with Crippen molar-refractivity contribution in [2.24, 2.45) is 0 Å². The van der Waals surface area contributed by atoms with Crippen LogP contribution in [0.5, 0.6) is 0 Å². The van der Waals surface area contributed by atoms with Crippen LogP contribution in [0.25, 0.3) is 44.5 Å². The van der Waals surface area contributed by atoms with Crippen LogP contribution < -0.4 is 5.19 Å². The third-order valence-electron chi connectivity index (χ3n) is 6.94. The van der Waals surface area contributed by atoms with Crippen LogP contribution in [0.4, 0.5) is 0 Å². The molecule has 0 spiro atoms. The quantitative estimate of drug-likeness (QED) is 0.135. The minimum Gasteiger partial charge on any atom is -0.500 e. The average molecular weight is 734 g/mol. The fourth-order valence-electron chi connectivity index (χ4n) is 4.72. The smallest absolute Gasteiger partial charge is 0.124 e. The minimum absolute atomic E-state index is 0. The molecule has 1 radical (unpaired) electrons. The Morgan fingerprint density at radius 2 is 1.61 bits per heavy atom. The Balaban J connectivity index is 0.000000233. The molecule has 0 unspecified atom stereocenters. The molecular formula is C35H35IrN3OSi-2. The molecule has 0 atom stereocenters. The molecule has 0 aliphatic rings. The van der Waals surface area contributed by atoms with Gasteiger partial charge in [0.2, 0.25) is 0 Å². The summed E-state index contributed by atoms with van der Waals surface area (Å²) in [5.74, 6) is 0. The largest absolute Gasteiger partial charge is 0.500 e. The molecule has 0 bridgehead atoms. The van der Waals surface area contributed by atoms with Gasteiger partial charge in [-0.3, -0.25) is 4.98 Å². The fourth-order valence-corrected chi connectivity index (χ4v) is 6.22. The van der Waals surface area contributed by atoms with Gasteiger partial charge in [-0.25, -0.2) is 0 Å². The van der Waals surface area contributed by atoms with Crippen molar-refractivity contribution in [1.29, 1.82) is 0 Å². The maximum atomic E-state index is 6.31. The van der Waals surface area contributed by atoms with Gasteiger partial charge in [-0.05, 0) is 47.5 Å². The first kappa shape index (κ1) is 30.5. The Bertz CT molecular complexity index is 1780. The van der Waals surface area contributed by atoms with Gasteiger partial charge in [-0.2, -0.15) is 0 Å². The molecule has 2 aromatic carbocycles. The van der Waals surface area contributed by atoms with Crippen molar-refractivity contribution in [3.8, 4) is 22.5 Å². The number of hydrogen-bond acceptors (Lipinski definition) is 4. The molecule has 41 heavy (non-hydrogen) atoms. The summed E-state index contributed by atoms with van der Waals surface area (Å²) >= 11 is 0. The molecule has 0 aliphatic heterocycles. The number of benzene rings is 2. The van der Waals surface area contributed by atoms with E-state index in [0.717, 1.165) is 39.1 Å². The number of pyridine rings is 3. The van der Waals surface area contributed by atoms with Crippen molar-refractivity contribution in [3.05, 3.63) is 109 Å². The van der Waals surface area contributed by atoms with E-state index in [4.69, 9.17) is 4.42 Å². The van der Waals surface area contributed by atoms with Crippen LogP contribution in [0.2, 0.25) is 19.6 Å². The first-order valence-electron chi connectivity index (χ1n) is 13.6. The average Bonchev–Trinajstić information content (AvgIpc) is 3.32. The molecule has 0 saturated carbocycles. The monoisotopic (exact) mass is 734 g/mol. The van der Waals surface area contributed by atoms with Crippen molar-refractivity contribution in [2.75, 3.05) is 0 Å². The van der Waals surface area contributed by atoms with Gasteiger partial charge in [0.1, 0.15) is 5.58 Å². The van der Waals surface area contributed by atoms with Crippen LogP contribution >= 0.6 is 0 Å². The zero-order chi connectivity index (χ0) is 28.5. The Kier molecular flexibility index (Phi) is 9.08. The maximum Gasteiger partial charge on any atom is 0.124 e. The Labute approximate surface area is 257 Å². The molecule has 0 saturated heterocycles. The van der Waals surface area contributed by atoms with Crippen molar-refractivity contribution < 1.29 is 24.5 Å². The normalized spacial score (nSPS) is 11.6. The second-order valence-corrected chi connectivity index (χ2v) is 17.2. The Hall–Kier alpha value is -3.44. The van der Waals surface area contributed by atoms with E-state index in [2.05, 4.69) is 98.7 Å². The maximum absolute atomic E-state index is 6.31. The van der Waals surface area contributed by atoms with Gasteiger partial charge in [-0.1, -0.05) is 69.1 Å². The molecular weight excluding hydrogens is 699 g/mol. The standard InChI is InChI=1S/C23H25N2OSi.C12H10N.Ir/c1-23(2,3)15-9-12-25-18(13-15)16-7-8-20(27(4,5)6)21-17-14-24-11-10-19(17)26-22(16)21;1-10-7-8-13-12(9-10)11-5-3-2-4-6-11;/h8-14H,1-6H3;2-5,7-9H,1H3;/q2*-1;. The van der Waals surface area contributed by atoms with Gasteiger partial charge in [0.05, 0.1) is 5.58 Å². The third kappa shape index (κ3) is 6.73. The molecule has 4 nitrogen and oxygen atoms in total. The Morgan fingerprint density at radius 3 is 2.29 bits per heavy atom. The van der Waals surface area contributed by atoms with Crippen LogP contribution in [-0.4, -0.2) is 23.0 Å². The van der Waals surface area contributed by atoms with Crippen LogP contribution in [0.3, 0.4) is 0 Å². The zero-order valence-corrected chi connectivity index (χ0v) is 28.1. The predicted octanol–water partition coefficient (Wildman–Crippen LogP) is 8.54. The fraction of sp³-hybridized carbons (Fsp3) is 0.229. The van der Waals surface area contributed by atoms with Gasteiger partial charge >= 0.3 is 0 Å². The molecule has 6 rings (SSSR count). The molecule has 6 heteroatoms. The number of furan rings is 1. The summed E-state index contributed by atoms with van der Waals surface area (Å²) in [4.78, 5) is 13.3. The van der Waals surface area contributed by atoms with Gasteiger partial charge < -0.3 is 14.4 Å². The second kappa shape index (κ2) is 12.2. The first-order chi connectivity index (χ1) is 19.0. The van der Waals surface area contributed by atoms with Gasteiger partial charge in [0.15, 0.2) is 0 Å². The van der Waals surface area contributed by atoms with Crippen LogP contribution in [0.15, 0.2) is 89.9 Å². The molecule has 4 aromatic heterocycles. The first-order valence-corrected chi connectivity index (χ1v) is 17.1. The van der Waals surface area contributed by atoms with Crippen LogP contribution in [0.1, 0.15) is 31.9 Å². The molecule has 0 aliphatic carbocycles. The topological polar surface area (TPSA) is 51.8 Å². The van der Waals surface area contributed by atoms with Crippen molar-refractivity contribution in [1.82, 2.24) is 15.0 Å². The molecule has 0 fully saturated rings. The van der Waals surface area contributed by atoms with Crippen LogP contribution in [-0.2, 0) is 25.5 Å². The van der Waals surface area contributed by atoms with E-state index in [1.165, 1.54) is 21.7 Å². The van der Waals surface area contributed by atoms with Crippen LogP contribution in [0, 0.1) is 19.1 Å². The number of aryl methyl sites for hydroxylation is 1. The van der Waals surface area contributed by atoms with Crippen molar-refractivity contribution >= 4 is 35.2 Å². The molecule has 4 heterocycles. The third-order valence-corrected chi connectivity index (χ3v) is 8.95. The summed E-state index contributed by atoms with van der Waals surface area (Å²) in [5.41, 5.74) is 8.14. The predicted molar refractivity (Wildman–Crippen MR) is 169 cm³/mol. The number of hydrogen-bond donors (Lipinski definition) is 0. The summed E-state index contributed by atoms with van der Waals surface area (Å²) in [7, 11) is -1.58. The molecule has 0 N–H and O–H groups in total. The van der Waals surface area contributed by atoms with E-state index in [-0.39, 0.29) is 25.5 Å². The summed E-state index contributed by atoms with van der Waals surface area (Å²) in [6.07, 6.45) is 7.39. The SMILES string of the molecule is CC(C)(C)c1ccnc(-c2[c-]cc([Si](C)(C)C)c3c2oc2ccncc23)c1.Cc1ccnc(-c2[c-]cccc2)c1.[Ir]. The second-order valence-electron chi connectivity index (χ2n) is 12.2. The summed E-state index contributed by atoms with van der Waals surface area (Å²) in [5, 5.41) is 3.60. The number of fused-ring (bicyclic) bond motifs is 3. The van der Waals surface area contributed by atoms with E-state index in [1.54, 1.807) is 6.20 Å². The number of aromatic nitrogens is 3. The van der Waals surface area contributed by atoms with Crippen molar-refractivity contribution in [3.63, 3.8) is 0 Å². The van der Waals surface area contributed by atoms with Gasteiger partial charge in [0.25, 0.3) is 0 Å². The summed E-state index contributed by atoms with van der Waals surface area (Å²) in [6.45, 7) is 15.8. The van der Waals surface area contributed by atoms with E-state index in [9.17, 15) is 0 Å². The number of rotatable bonds is 3. The molecule has 211 valence electrons. The van der Waals surface area contributed by atoms with Gasteiger partial charge in [0, 0.05) is 58.4 Å². The minimum atomic E-state index is -1.58. The van der Waals surface area contributed by atoms with Crippen molar-refractivity contribution in [2.45, 2.75) is 52.8 Å². The molecule has 6 aromatic rings. The van der Waals surface area contributed by atoms with Gasteiger partial charge in [-0.15, -0.1) is 53.2 Å². The van der Waals surface area contributed by atoms with E-state index in [0.29, 0.717) is 0 Å². The van der Waals surface area contributed by atoms with E-state index in [1.807, 2.05) is 55.0 Å². The number of nitrogens with zero attached hydrogens (tertiary/aromatic N) is 3. The Morgan fingerprint density at radius 1 is 0.854 bits per heavy atom. The van der Waals surface area contributed by atoms with E-state index >= 15 is 0 Å². The summed E-state index contributed by atoms with van der Waals surface area (Å²) < 4.78 is 6.31. The zero-order valence-electron chi connectivity index (χ0n) is 24.7. The van der Waals surface area contributed by atoms with E-state index < -0.39 is 8.07 Å². The molecule has 0 amide bonds.